The summed E-state index contributed by atoms with van der Waals surface area (Å²) in [4.78, 5) is 27.2. The van der Waals surface area contributed by atoms with Crippen LogP contribution in [0.15, 0.2) is 94.7 Å². The summed E-state index contributed by atoms with van der Waals surface area (Å²) in [5.74, 6) is -0.181. The van der Waals surface area contributed by atoms with Gasteiger partial charge < -0.3 is 0 Å². The van der Waals surface area contributed by atoms with E-state index in [1.807, 2.05) is 61.0 Å². The fraction of sp³-hybridized carbons (Fsp3) is 0.0769. The molecule has 4 heteroatoms. The number of hydrogen-bond acceptors (Lipinski definition) is 4. The molecule has 3 aromatic rings. The number of thioether (sulfide) groups is 2. The molecule has 0 fully saturated rings. The maximum absolute atomic E-state index is 12.4. The van der Waals surface area contributed by atoms with Crippen LogP contribution in [0, 0.1) is 0 Å². The minimum atomic E-state index is -0.0904. The Balaban J connectivity index is 1.62. The first-order valence-corrected chi connectivity index (χ1v) is 11.9. The summed E-state index contributed by atoms with van der Waals surface area (Å²) in [5.41, 5.74) is 3.06. The molecule has 0 amide bonds. The molecule has 0 heterocycles. The van der Waals surface area contributed by atoms with Crippen LogP contribution in [0.25, 0.3) is 12.2 Å². The second kappa shape index (κ2) is 10.8. The van der Waals surface area contributed by atoms with E-state index in [0.717, 1.165) is 11.1 Å². The lowest BCUT2D eigenvalue weighted by Crippen LogP contribution is -1.98. The van der Waals surface area contributed by atoms with Crippen molar-refractivity contribution in [3.05, 3.63) is 107 Å². The van der Waals surface area contributed by atoms with E-state index in [-0.39, 0.29) is 11.6 Å². The Morgan fingerprint density at radius 3 is 1.20 bits per heavy atom. The van der Waals surface area contributed by atoms with Crippen molar-refractivity contribution in [2.75, 3.05) is 12.5 Å². The van der Waals surface area contributed by atoms with E-state index in [4.69, 9.17) is 0 Å². The Morgan fingerprint density at radius 1 is 0.567 bits per heavy atom. The van der Waals surface area contributed by atoms with E-state index in [1.54, 1.807) is 72.1 Å². The molecule has 0 spiro atoms. The molecule has 0 aliphatic heterocycles. The van der Waals surface area contributed by atoms with E-state index >= 15 is 0 Å². The van der Waals surface area contributed by atoms with E-state index in [2.05, 4.69) is 0 Å². The Bertz CT molecular complexity index is 973. The van der Waals surface area contributed by atoms with Crippen LogP contribution in [0.3, 0.4) is 0 Å². The average Bonchev–Trinajstić information content (AvgIpc) is 2.81. The third-order valence-electron chi connectivity index (χ3n) is 4.54. The van der Waals surface area contributed by atoms with Crippen LogP contribution in [0.2, 0.25) is 0 Å². The van der Waals surface area contributed by atoms with Crippen LogP contribution in [0.5, 0.6) is 0 Å². The SMILES string of the molecule is CSc1ccc(/C=C/C(=O)c2ccc(C(=O)/C=C/c3ccc(SC)cc3)cc2)cc1. The van der Waals surface area contributed by atoms with Crippen LogP contribution in [0.4, 0.5) is 0 Å². The minimum Gasteiger partial charge on any atom is -0.289 e. The van der Waals surface area contributed by atoms with Crippen molar-refractivity contribution in [3.63, 3.8) is 0 Å². The summed E-state index contributed by atoms with van der Waals surface area (Å²) < 4.78 is 0. The van der Waals surface area contributed by atoms with Crippen molar-refractivity contribution in [3.8, 4) is 0 Å². The Labute approximate surface area is 186 Å². The van der Waals surface area contributed by atoms with E-state index in [0.29, 0.717) is 11.1 Å². The number of allylic oxidation sites excluding steroid dienone is 2. The highest BCUT2D eigenvalue weighted by Gasteiger charge is 2.05. The average molecular weight is 431 g/mol. The van der Waals surface area contributed by atoms with Gasteiger partial charge in [0.1, 0.15) is 0 Å². The fourth-order valence-electron chi connectivity index (χ4n) is 2.77. The van der Waals surface area contributed by atoms with Gasteiger partial charge in [0, 0.05) is 20.9 Å². The third kappa shape index (κ3) is 6.09. The first-order chi connectivity index (χ1) is 14.6. The monoisotopic (exact) mass is 430 g/mol. The highest BCUT2D eigenvalue weighted by Crippen LogP contribution is 2.17. The van der Waals surface area contributed by atoms with Crippen LogP contribution >= 0.6 is 23.5 Å². The Morgan fingerprint density at radius 2 is 0.900 bits per heavy atom. The molecule has 0 aromatic heterocycles. The van der Waals surface area contributed by atoms with Crippen molar-refractivity contribution in [2.24, 2.45) is 0 Å². The zero-order valence-electron chi connectivity index (χ0n) is 16.9. The number of hydrogen-bond donors (Lipinski definition) is 0. The van der Waals surface area contributed by atoms with Crippen LogP contribution in [-0.4, -0.2) is 24.1 Å². The van der Waals surface area contributed by atoms with Crippen molar-refractivity contribution < 1.29 is 9.59 Å². The number of carbonyl (C=O) groups excluding carboxylic acids is 2. The molecule has 0 aliphatic carbocycles. The molecule has 2 nitrogen and oxygen atoms in total. The zero-order chi connectivity index (χ0) is 21.3. The second-order valence-corrected chi connectivity index (χ2v) is 8.28. The van der Waals surface area contributed by atoms with Crippen molar-refractivity contribution >= 4 is 47.2 Å². The first-order valence-electron chi connectivity index (χ1n) is 9.42. The van der Waals surface area contributed by atoms with Crippen molar-refractivity contribution in [1.29, 1.82) is 0 Å². The van der Waals surface area contributed by atoms with Gasteiger partial charge in [0.05, 0.1) is 0 Å². The highest BCUT2D eigenvalue weighted by molar-refractivity contribution is 7.98. The molecule has 0 bridgehead atoms. The van der Waals surface area contributed by atoms with Gasteiger partial charge in [-0.15, -0.1) is 23.5 Å². The quantitative estimate of drug-likeness (QED) is 0.221. The van der Waals surface area contributed by atoms with Gasteiger partial charge in [-0.05, 0) is 60.1 Å². The molecule has 30 heavy (non-hydrogen) atoms. The summed E-state index contributed by atoms with van der Waals surface area (Å²) in [6.45, 7) is 0. The van der Waals surface area contributed by atoms with Crippen molar-refractivity contribution in [2.45, 2.75) is 9.79 Å². The molecular weight excluding hydrogens is 408 g/mol. The summed E-state index contributed by atoms with van der Waals surface area (Å²) in [6, 6.07) is 22.8. The summed E-state index contributed by atoms with van der Waals surface area (Å²) in [6.07, 6.45) is 10.8. The Hall–Kier alpha value is -2.82. The standard InChI is InChI=1S/C26H22O2S2/c1-29-23-13-3-19(4-14-23)7-17-25(27)21-9-11-22(12-10-21)26(28)18-8-20-5-15-24(30-2)16-6-20/h3-18H,1-2H3/b17-7+,18-8+. The molecule has 150 valence electrons. The van der Waals surface area contributed by atoms with Gasteiger partial charge >= 0.3 is 0 Å². The van der Waals surface area contributed by atoms with Gasteiger partial charge in [0.2, 0.25) is 0 Å². The molecular formula is C26H22O2S2. The van der Waals surface area contributed by atoms with Crippen molar-refractivity contribution in [1.82, 2.24) is 0 Å². The molecule has 3 aromatic carbocycles. The smallest absolute Gasteiger partial charge is 0.185 e. The lowest BCUT2D eigenvalue weighted by atomic mass is 10.0. The number of ketones is 2. The number of carbonyl (C=O) groups is 2. The molecule has 3 rings (SSSR count). The maximum atomic E-state index is 12.4. The lowest BCUT2D eigenvalue weighted by Gasteiger charge is -2.00. The highest BCUT2D eigenvalue weighted by atomic mass is 32.2. The summed E-state index contributed by atoms with van der Waals surface area (Å²) in [7, 11) is 0. The fourth-order valence-corrected chi connectivity index (χ4v) is 3.58. The van der Waals surface area contributed by atoms with Gasteiger partial charge in [-0.25, -0.2) is 0 Å². The molecule has 0 atom stereocenters. The molecule has 0 unspecified atom stereocenters. The zero-order valence-corrected chi connectivity index (χ0v) is 18.5. The summed E-state index contributed by atoms with van der Waals surface area (Å²) >= 11 is 3.36. The molecule has 0 radical (unpaired) electrons. The van der Waals surface area contributed by atoms with Gasteiger partial charge in [0.25, 0.3) is 0 Å². The van der Waals surface area contributed by atoms with Crippen LogP contribution in [-0.2, 0) is 0 Å². The number of rotatable bonds is 8. The van der Waals surface area contributed by atoms with Gasteiger partial charge in [-0.3, -0.25) is 9.59 Å². The topological polar surface area (TPSA) is 34.1 Å². The van der Waals surface area contributed by atoms with Gasteiger partial charge in [0.15, 0.2) is 11.6 Å². The summed E-state index contributed by atoms with van der Waals surface area (Å²) in [5, 5.41) is 0. The minimum absolute atomic E-state index is 0.0904. The van der Waals surface area contributed by atoms with Crippen LogP contribution < -0.4 is 0 Å². The van der Waals surface area contributed by atoms with Gasteiger partial charge in [-0.1, -0.05) is 60.7 Å². The first kappa shape index (κ1) is 21.9. The second-order valence-electron chi connectivity index (χ2n) is 6.52. The lowest BCUT2D eigenvalue weighted by molar-refractivity contribution is 0.103. The van der Waals surface area contributed by atoms with Gasteiger partial charge in [-0.2, -0.15) is 0 Å². The largest absolute Gasteiger partial charge is 0.289 e. The normalized spacial score (nSPS) is 11.3. The molecule has 0 saturated heterocycles. The molecule has 0 aliphatic rings. The Kier molecular flexibility index (Phi) is 7.89. The predicted octanol–water partition coefficient (Wildman–Crippen LogP) is 6.92. The maximum Gasteiger partial charge on any atom is 0.185 e. The number of benzene rings is 3. The van der Waals surface area contributed by atoms with Crippen LogP contribution in [0.1, 0.15) is 31.8 Å². The van der Waals surface area contributed by atoms with E-state index in [1.165, 1.54) is 9.79 Å². The molecule has 0 N–H and O–H groups in total. The van der Waals surface area contributed by atoms with E-state index < -0.39 is 0 Å². The third-order valence-corrected chi connectivity index (χ3v) is 6.03. The predicted molar refractivity (Wildman–Crippen MR) is 130 cm³/mol. The van der Waals surface area contributed by atoms with E-state index in [9.17, 15) is 9.59 Å². The molecule has 0 saturated carbocycles.